The molecular formula is C13H27N3O2. The van der Waals surface area contributed by atoms with E-state index in [9.17, 15) is 9.59 Å². The zero-order chi connectivity index (χ0) is 14.0. The van der Waals surface area contributed by atoms with Crippen LogP contribution >= 0.6 is 0 Å². The minimum atomic E-state index is -0.0359. The van der Waals surface area contributed by atoms with Crippen molar-refractivity contribution < 1.29 is 9.59 Å². The van der Waals surface area contributed by atoms with Crippen LogP contribution in [0, 0.1) is 5.92 Å². The van der Waals surface area contributed by atoms with Gasteiger partial charge < -0.3 is 16.4 Å². The van der Waals surface area contributed by atoms with E-state index in [4.69, 9.17) is 5.73 Å². The standard InChI is InChI=1S/C13H27N3O2/c1-4-11(3)16-12(17)7-9-15-13(18)10(2)6-5-8-14/h10-11H,4-9,14H2,1-3H3,(H,15,18)(H,16,17). The largest absolute Gasteiger partial charge is 0.355 e. The van der Waals surface area contributed by atoms with Crippen LogP contribution in [-0.2, 0) is 9.59 Å². The maximum absolute atomic E-state index is 11.6. The van der Waals surface area contributed by atoms with Gasteiger partial charge in [-0.1, -0.05) is 13.8 Å². The Hall–Kier alpha value is -1.10. The second-order valence-corrected chi connectivity index (χ2v) is 4.75. The number of rotatable bonds is 9. The van der Waals surface area contributed by atoms with E-state index in [1.807, 2.05) is 20.8 Å². The van der Waals surface area contributed by atoms with Crippen LogP contribution in [0.15, 0.2) is 0 Å². The molecule has 0 saturated carbocycles. The second kappa shape index (κ2) is 9.88. The molecule has 18 heavy (non-hydrogen) atoms. The first kappa shape index (κ1) is 16.9. The van der Waals surface area contributed by atoms with Gasteiger partial charge in [0.15, 0.2) is 0 Å². The molecule has 0 saturated heterocycles. The number of hydrogen-bond donors (Lipinski definition) is 3. The topological polar surface area (TPSA) is 84.2 Å². The van der Waals surface area contributed by atoms with Crippen molar-refractivity contribution in [1.82, 2.24) is 10.6 Å². The third-order valence-corrected chi connectivity index (χ3v) is 2.96. The maximum atomic E-state index is 11.6. The van der Waals surface area contributed by atoms with Crippen molar-refractivity contribution in [3.8, 4) is 0 Å². The minimum absolute atomic E-state index is 0.000194. The van der Waals surface area contributed by atoms with Crippen molar-refractivity contribution in [2.45, 2.75) is 52.5 Å². The molecule has 0 rings (SSSR count). The van der Waals surface area contributed by atoms with E-state index in [1.165, 1.54) is 0 Å². The highest BCUT2D eigenvalue weighted by Crippen LogP contribution is 2.04. The van der Waals surface area contributed by atoms with Gasteiger partial charge >= 0.3 is 0 Å². The quantitative estimate of drug-likeness (QED) is 0.571. The fraction of sp³-hybridized carbons (Fsp3) is 0.846. The van der Waals surface area contributed by atoms with Crippen molar-refractivity contribution in [3.05, 3.63) is 0 Å². The average molecular weight is 257 g/mol. The highest BCUT2D eigenvalue weighted by molar-refractivity contribution is 5.80. The van der Waals surface area contributed by atoms with Gasteiger partial charge in [0.05, 0.1) is 0 Å². The molecule has 106 valence electrons. The van der Waals surface area contributed by atoms with Crippen LogP contribution in [-0.4, -0.2) is 30.9 Å². The van der Waals surface area contributed by atoms with Gasteiger partial charge in [-0.05, 0) is 32.7 Å². The summed E-state index contributed by atoms with van der Waals surface area (Å²) in [6, 6.07) is 0.191. The van der Waals surface area contributed by atoms with Gasteiger partial charge in [-0.15, -0.1) is 0 Å². The van der Waals surface area contributed by atoms with Crippen molar-refractivity contribution in [2.24, 2.45) is 11.7 Å². The van der Waals surface area contributed by atoms with Crippen molar-refractivity contribution in [3.63, 3.8) is 0 Å². The van der Waals surface area contributed by atoms with E-state index in [2.05, 4.69) is 10.6 Å². The molecule has 0 bridgehead atoms. The Morgan fingerprint density at radius 2 is 1.94 bits per heavy atom. The molecule has 0 aromatic rings. The Kier molecular flexibility index (Phi) is 9.28. The lowest BCUT2D eigenvalue weighted by Crippen LogP contribution is -2.36. The van der Waals surface area contributed by atoms with E-state index in [0.717, 1.165) is 19.3 Å². The van der Waals surface area contributed by atoms with Crippen LogP contribution in [0.1, 0.15) is 46.5 Å². The third kappa shape index (κ3) is 8.06. The summed E-state index contributed by atoms with van der Waals surface area (Å²) in [5.74, 6) is -0.0507. The number of hydrogen-bond acceptors (Lipinski definition) is 3. The van der Waals surface area contributed by atoms with Gasteiger partial charge in [0.2, 0.25) is 11.8 Å². The third-order valence-electron chi connectivity index (χ3n) is 2.96. The average Bonchev–Trinajstić information content (AvgIpc) is 2.35. The SMILES string of the molecule is CCC(C)NC(=O)CCNC(=O)C(C)CCCN. The van der Waals surface area contributed by atoms with E-state index < -0.39 is 0 Å². The summed E-state index contributed by atoms with van der Waals surface area (Å²) >= 11 is 0. The summed E-state index contributed by atoms with van der Waals surface area (Å²) in [5.41, 5.74) is 5.39. The lowest BCUT2D eigenvalue weighted by Gasteiger charge is -2.13. The van der Waals surface area contributed by atoms with Gasteiger partial charge in [0.25, 0.3) is 0 Å². The van der Waals surface area contributed by atoms with E-state index in [1.54, 1.807) is 0 Å². The summed E-state index contributed by atoms with van der Waals surface area (Å²) in [6.45, 7) is 6.87. The van der Waals surface area contributed by atoms with Crippen LogP contribution in [0.5, 0.6) is 0 Å². The molecule has 5 heteroatoms. The molecule has 0 spiro atoms. The molecule has 2 atom stereocenters. The molecule has 5 nitrogen and oxygen atoms in total. The number of nitrogens with one attached hydrogen (secondary N) is 2. The first-order chi connectivity index (χ1) is 8.51. The number of carbonyl (C=O) groups excluding carboxylic acids is 2. The second-order valence-electron chi connectivity index (χ2n) is 4.75. The number of carbonyl (C=O) groups is 2. The van der Waals surface area contributed by atoms with E-state index in [0.29, 0.717) is 19.5 Å². The minimum Gasteiger partial charge on any atom is -0.355 e. The molecular weight excluding hydrogens is 230 g/mol. The Bertz CT molecular complexity index is 257. The van der Waals surface area contributed by atoms with Crippen LogP contribution in [0.25, 0.3) is 0 Å². The molecule has 0 radical (unpaired) electrons. The van der Waals surface area contributed by atoms with Crippen LogP contribution in [0.2, 0.25) is 0 Å². The molecule has 0 aliphatic heterocycles. The van der Waals surface area contributed by atoms with Crippen LogP contribution in [0.4, 0.5) is 0 Å². The first-order valence-electron chi connectivity index (χ1n) is 6.78. The molecule has 0 aromatic carbocycles. The zero-order valence-corrected chi connectivity index (χ0v) is 11.8. The molecule has 4 N–H and O–H groups in total. The smallest absolute Gasteiger partial charge is 0.222 e. The predicted octanol–water partition coefficient (Wildman–Crippen LogP) is 0.782. The monoisotopic (exact) mass is 257 g/mol. The van der Waals surface area contributed by atoms with Crippen LogP contribution < -0.4 is 16.4 Å². The lowest BCUT2D eigenvalue weighted by atomic mass is 10.1. The van der Waals surface area contributed by atoms with Crippen molar-refractivity contribution in [2.75, 3.05) is 13.1 Å². The Morgan fingerprint density at radius 3 is 2.50 bits per heavy atom. The van der Waals surface area contributed by atoms with Crippen molar-refractivity contribution in [1.29, 1.82) is 0 Å². The zero-order valence-electron chi connectivity index (χ0n) is 11.8. The molecule has 0 aliphatic rings. The Labute approximate surface area is 110 Å². The van der Waals surface area contributed by atoms with Gasteiger partial charge in [0.1, 0.15) is 0 Å². The summed E-state index contributed by atoms with van der Waals surface area (Å²) in [7, 11) is 0. The van der Waals surface area contributed by atoms with Crippen molar-refractivity contribution >= 4 is 11.8 Å². The number of amides is 2. The molecule has 0 heterocycles. The lowest BCUT2D eigenvalue weighted by molar-refractivity contribution is -0.125. The fourth-order valence-electron chi connectivity index (χ4n) is 1.48. The summed E-state index contributed by atoms with van der Waals surface area (Å²) in [6.07, 6.45) is 2.89. The maximum Gasteiger partial charge on any atom is 0.222 e. The highest BCUT2D eigenvalue weighted by atomic mass is 16.2. The highest BCUT2D eigenvalue weighted by Gasteiger charge is 2.12. The van der Waals surface area contributed by atoms with Gasteiger partial charge in [-0.2, -0.15) is 0 Å². The molecule has 0 aromatic heterocycles. The van der Waals surface area contributed by atoms with E-state index in [-0.39, 0.29) is 23.8 Å². The van der Waals surface area contributed by atoms with Gasteiger partial charge in [-0.25, -0.2) is 0 Å². The molecule has 2 amide bonds. The molecule has 0 aliphatic carbocycles. The predicted molar refractivity (Wildman–Crippen MR) is 73.0 cm³/mol. The fourth-order valence-corrected chi connectivity index (χ4v) is 1.48. The number of nitrogens with two attached hydrogens (primary N) is 1. The van der Waals surface area contributed by atoms with Gasteiger partial charge in [0, 0.05) is 24.9 Å². The molecule has 0 fully saturated rings. The summed E-state index contributed by atoms with van der Waals surface area (Å²) < 4.78 is 0. The Balaban J connectivity index is 3.70. The van der Waals surface area contributed by atoms with E-state index >= 15 is 0 Å². The first-order valence-corrected chi connectivity index (χ1v) is 6.78. The normalized spacial score (nSPS) is 13.8. The Morgan fingerprint density at radius 1 is 1.28 bits per heavy atom. The van der Waals surface area contributed by atoms with Gasteiger partial charge in [-0.3, -0.25) is 9.59 Å². The summed E-state index contributed by atoms with van der Waals surface area (Å²) in [5, 5.41) is 5.63. The summed E-state index contributed by atoms with van der Waals surface area (Å²) in [4.78, 5) is 23.1. The van der Waals surface area contributed by atoms with Crippen LogP contribution in [0.3, 0.4) is 0 Å². The molecule has 2 unspecified atom stereocenters.